The maximum atomic E-state index is 14.3. The number of carbonyl (C=O) groups excluding carboxylic acids is 2. The fourth-order valence-electron chi connectivity index (χ4n) is 4.84. The molecule has 0 aliphatic heterocycles. The average Bonchev–Trinajstić information content (AvgIpc) is 3.34. The largest absolute Gasteiger partial charge is 0.493 e. The lowest BCUT2D eigenvalue weighted by atomic mass is 9.99. The van der Waals surface area contributed by atoms with Crippen LogP contribution in [0.15, 0.2) is 60.7 Å². The molecular formula is C31H37N5O4. The summed E-state index contributed by atoms with van der Waals surface area (Å²) in [6, 6.07) is 17.6. The quantitative estimate of drug-likeness (QED) is 0.286. The van der Waals surface area contributed by atoms with Gasteiger partial charge >= 0.3 is 0 Å². The van der Waals surface area contributed by atoms with Crippen LogP contribution in [0.5, 0.6) is 11.5 Å². The van der Waals surface area contributed by atoms with Crippen molar-refractivity contribution in [1.82, 2.24) is 20.3 Å². The first kappa shape index (κ1) is 28.6. The van der Waals surface area contributed by atoms with Crippen LogP contribution >= 0.6 is 0 Å². The molecule has 0 aliphatic carbocycles. The molecule has 3 aromatic carbocycles. The van der Waals surface area contributed by atoms with E-state index in [2.05, 4.69) is 29.5 Å². The topological polar surface area (TPSA) is 98.6 Å². The summed E-state index contributed by atoms with van der Waals surface area (Å²) in [5, 5.41) is 11.5. The Labute approximate surface area is 235 Å². The molecule has 0 bridgehead atoms. The molecule has 4 rings (SSSR count). The molecule has 2 amide bonds. The molecule has 0 saturated carbocycles. The van der Waals surface area contributed by atoms with E-state index in [1.165, 1.54) is 7.11 Å². The first-order valence-corrected chi connectivity index (χ1v) is 13.4. The molecule has 210 valence electrons. The van der Waals surface area contributed by atoms with Crippen LogP contribution in [0.2, 0.25) is 0 Å². The van der Waals surface area contributed by atoms with E-state index in [4.69, 9.17) is 9.47 Å². The lowest BCUT2D eigenvalue weighted by Gasteiger charge is -2.33. The molecule has 0 unspecified atom stereocenters. The summed E-state index contributed by atoms with van der Waals surface area (Å²) in [6.45, 7) is 8.48. The van der Waals surface area contributed by atoms with E-state index >= 15 is 0 Å². The first-order chi connectivity index (χ1) is 19.2. The number of aryl methyl sites for hydroxylation is 2. The standard InChI is InChI=1S/C31H37N5O4/c1-20(2)16-17-32-31(38)29(23-10-9-13-27(39-5)30(23)40-6)36(25-15-14-21(3)18-22(25)4)28(37)19-35-26-12-8-7-11-24(26)33-34-35/h7-15,18,20,29H,16-17,19H2,1-6H3,(H,32,38)/t29-/m1/s1. The van der Waals surface area contributed by atoms with Gasteiger partial charge in [0.15, 0.2) is 11.5 Å². The Morgan fingerprint density at radius 3 is 2.48 bits per heavy atom. The third-order valence-corrected chi connectivity index (χ3v) is 6.84. The van der Waals surface area contributed by atoms with E-state index in [1.54, 1.807) is 34.9 Å². The van der Waals surface area contributed by atoms with Gasteiger partial charge in [0.25, 0.3) is 0 Å². The second-order valence-electron chi connectivity index (χ2n) is 10.2. The van der Waals surface area contributed by atoms with Gasteiger partial charge in [0.1, 0.15) is 18.1 Å². The van der Waals surface area contributed by atoms with E-state index < -0.39 is 6.04 Å². The van der Waals surface area contributed by atoms with Crippen LogP contribution in [0.4, 0.5) is 5.69 Å². The number of nitrogens with zero attached hydrogens (tertiary/aromatic N) is 4. The zero-order valence-electron chi connectivity index (χ0n) is 24.0. The molecule has 0 saturated heterocycles. The SMILES string of the molecule is COc1cccc([C@H](C(=O)NCCC(C)C)N(C(=O)Cn2nnc3ccccc32)c2ccc(C)cc2C)c1OC. The van der Waals surface area contributed by atoms with Crippen molar-refractivity contribution >= 4 is 28.5 Å². The van der Waals surface area contributed by atoms with Crippen molar-refractivity contribution < 1.29 is 19.1 Å². The molecular weight excluding hydrogens is 506 g/mol. The molecule has 0 fully saturated rings. The fourth-order valence-corrected chi connectivity index (χ4v) is 4.84. The predicted octanol–water partition coefficient (Wildman–Crippen LogP) is 5.00. The van der Waals surface area contributed by atoms with Crippen molar-refractivity contribution in [2.75, 3.05) is 25.7 Å². The number of amides is 2. The molecule has 0 spiro atoms. The molecule has 1 N–H and O–H groups in total. The Bertz CT molecular complexity index is 1500. The first-order valence-electron chi connectivity index (χ1n) is 13.4. The number of carbonyl (C=O) groups is 2. The molecule has 9 nitrogen and oxygen atoms in total. The zero-order valence-corrected chi connectivity index (χ0v) is 24.0. The molecule has 1 heterocycles. The summed E-state index contributed by atoms with van der Waals surface area (Å²) in [5.74, 6) is 0.626. The zero-order chi connectivity index (χ0) is 28.8. The number of hydrogen-bond acceptors (Lipinski definition) is 6. The van der Waals surface area contributed by atoms with Crippen LogP contribution in [-0.4, -0.2) is 47.6 Å². The summed E-state index contributed by atoms with van der Waals surface area (Å²) in [6.07, 6.45) is 0.802. The summed E-state index contributed by atoms with van der Waals surface area (Å²) in [5.41, 5.74) is 4.46. The monoisotopic (exact) mass is 543 g/mol. The highest BCUT2D eigenvalue weighted by Crippen LogP contribution is 2.40. The van der Waals surface area contributed by atoms with E-state index in [-0.39, 0.29) is 18.4 Å². The molecule has 1 atom stereocenters. The van der Waals surface area contributed by atoms with Crippen LogP contribution in [0.1, 0.15) is 43.0 Å². The maximum absolute atomic E-state index is 14.3. The Balaban J connectivity index is 1.88. The van der Waals surface area contributed by atoms with Crippen LogP contribution in [0.3, 0.4) is 0 Å². The third kappa shape index (κ3) is 6.09. The van der Waals surface area contributed by atoms with Gasteiger partial charge in [0.2, 0.25) is 11.8 Å². The number of nitrogens with one attached hydrogen (secondary N) is 1. The highest BCUT2D eigenvalue weighted by Gasteiger charge is 2.36. The van der Waals surface area contributed by atoms with E-state index in [1.807, 2.05) is 56.3 Å². The lowest BCUT2D eigenvalue weighted by molar-refractivity contribution is -0.127. The molecule has 0 radical (unpaired) electrons. The van der Waals surface area contributed by atoms with Gasteiger partial charge in [-0.15, -0.1) is 5.10 Å². The second kappa shape index (κ2) is 12.6. The number of para-hydroxylation sites is 2. The van der Waals surface area contributed by atoms with Gasteiger partial charge in [-0.3, -0.25) is 14.5 Å². The summed E-state index contributed by atoms with van der Waals surface area (Å²) in [4.78, 5) is 30.0. The summed E-state index contributed by atoms with van der Waals surface area (Å²) >= 11 is 0. The summed E-state index contributed by atoms with van der Waals surface area (Å²) in [7, 11) is 3.07. The smallest absolute Gasteiger partial charge is 0.249 e. The highest BCUT2D eigenvalue weighted by molar-refractivity contribution is 6.02. The van der Waals surface area contributed by atoms with E-state index in [0.29, 0.717) is 40.7 Å². The Morgan fingerprint density at radius 1 is 1.00 bits per heavy atom. The predicted molar refractivity (Wildman–Crippen MR) is 156 cm³/mol. The van der Waals surface area contributed by atoms with Crippen molar-refractivity contribution in [3.8, 4) is 11.5 Å². The summed E-state index contributed by atoms with van der Waals surface area (Å²) < 4.78 is 12.9. The van der Waals surface area contributed by atoms with Gasteiger partial charge < -0.3 is 14.8 Å². The van der Waals surface area contributed by atoms with E-state index in [0.717, 1.165) is 23.1 Å². The van der Waals surface area contributed by atoms with Crippen LogP contribution in [0, 0.1) is 19.8 Å². The highest BCUT2D eigenvalue weighted by atomic mass is 16.5. The minimum atomic E-state index is -1.04. The van der Waals surface area contributed by atoms with Gasteiger partial charge in [-0.2, -0.15) is 0 Å². The number of aromatic nitrogens is 3. The number of rotatable bonds is 11. The van der Waals surface area contributed by atoms with Gasteiger partial charge in [0.05, 0.1) is 19.7 Å². The number of methoxy groups -OCH3 is 2. The third-order valence-electron chi connectivity index (χ3n) is 6.84. The van der Waals surface area contributed by atoms with Gasteiger partial charge in [-0.25, -0.2) is 4.68 Å². The van der Waals surface area contributed by atoms with E-state index in [9.17, 15) is 9.59 Å². The molecule has 1 aromatic heterocycles. The number of benzene rings is 3. The second-order valence-corrected chi connectivity index (χ2v) is 10.2. The van der Waals surface area contributed by atoms with Crippen LogP contribution in [0.25, 0.3) is 11.0 Å². The molecule has 40 heavy (non-hydrogen) atoms. The number of fused-ring (bicyclic) bond motifs is 1. The Morgan fingerprint density at radius 2 is 1.77 bits per heavy atom. The van der Waals surface area contributed by atoms with Crippen LogP contribution < -0.4 is 19.7 Å². The fraction of sp³-hybridized carbons (Fsp3) is 0.355. The van der Waals surface area contributed by atoms with Gasteiger partial charge in [0, 0.05) is 17.8 Å². The normalized spacial score (nSPS) is 11.9. The van der Waals surface area contributed by atoms with Crippen molar-refractivity contribution in [2.24, 2.45) is 5.92 Å². The maximum Gasteiger partial charge on any atom is 0.249 e. The Hall–Kier alpha value is -4.40. The van der Waals surface area contributed by atoms with Crippen LogP contribution in [-0.2, 0) is 16.1 Å². The Kier molecular flexibility index (Phi) is 9.04. The minimum Gasteiger partial charge on any atom is -0.493 e. The minimum absolute atomic E-state index is 0.115. The van der Waals surface area contributed by atoms with Gasteiger partial charge in [-0.1, -0.05) is 61.0 Å². The lowest BCUT2D eigenvalue weighted by Crippen LogP contribution is -2.46. The molecule has 9 heteroatoms. The van der Waals surface area contributed by atoms with Crippen molar-refractivity contribution in [3.63, 3.8) is 0 Å². The van der Waals surface area contributed by atoms with Crippen molar-refractivity contribution in [2.45, 2.75) is 46.7 Å². The van der Waals surface area contributed by atoms with Gasteiger partial charge in [-0.05, 0) is 56.0 Å². The molecule has 4 aromatic rings. The molecule has 0 aliphatic rings. The van der Waals surface area contributed by atoms with Crippen molar-refractivity contribution in [3.05, 3.63) is 77.4 Å². The van der Waals surface area contributed by atoms with Crippen molar-refractivity contribution in [1.29, 1.82) is 0 Å². The number of ether oxygens (including phenoxy) is 2. The number of hydrogen-bond donors (Lipinski definition) is 1. The average molecular weight is 544 g/mol. The number of anilines is 1.